The van der Waals surface area contributed by atoms with Crippen LogP contribution >= 0.6 is 0 Å². The van der Waals surface area contributed by atoms with Gasteiger partial charge in [-0.25, -0.2) is 14.2 Å². The molecule has 8 heteroatoms. The molecule has 148 valence electrons. The summed E-state index contributed by atoms with van der Waals surface area (Å²) in [5.41, 5.74) is 1.66. The largest absolute Gasteiger partial charge is 0.334 e. The van der Waals surface area contributed by atoms with Crippen LogP contribution < -0.4 is 15.5 Å². The van der Waals surface area contributed by atoms with Crippen molar-refractivity contribution in [1.82, 2.24) is 10.6 Å². The van der Waals surface area contributed by atoms with Crippen molar-refractivity contribution in [2.24, 2.45) is 4.99 Å². The second-order valence-electron chi connectivity index (χ2n) is 7.04. The highest BCUT2D eigenvalue weighted by Crippen LogP contribution is 2.28. The van der Waals surface area contributed by atoms with Crippen molar-refractivity contribution in [2.45, 2.75) is 25.0 Å². The Hall–Kier alpha value is -3.55. The number of hydrogen-bond acceptors (Lipinski definition) is 4. The minimum Gasteiger partial charge on any atom is -0.334 e. The van der Waals surface area contributed by atoms with Gasteiger partial charge in [0.2, 0.25) is 6.17 Å². The Balaban J connectivity index is 1.71. The maximum Gasteiger partial charge on any atom is 0.317 e. The number of Topliss-reactive ketones (excluding diaryl/α,β-unsaturated/α-hetero) is 1. The maximum absolute atomic E-state index is 14.5. The van der Waals surface area contributed by atoms with Gasteiger partial charge in [-0.3, -0.25) is 9.59 Å². The number of nitrogens with one attached hydrogen (secondary N) is 2. The Kier molecular flexibility index (Phi) is 4.84. The van der Waals surface area contributed by atoms with Gasteiger partial charge < -0.3 is 15.5 Å². The quantitative estimate of drug-likeness (QED) is 0.834. The summed E-state index contributed by atoms with van der Waals surface area (Å²) >= 11 is 0. The van der Waals surface area contributed by atoms with E-state index in [0.29, 0.717) is 11.3 Å². The summed E-state index contributed by atoms with van der Waals surface area (Å²) in [7, 11) is 1.58. The van der Waals surface area contributed by atoms with Crippen molar-refractivity contribution in [3.8, 4) is 0 Å². The summed E-state index contributed by atoms with van der Waals surface area (Å²) in [6.07, 6.45) is -0.680. The van der Waals surface area contributed by atoms with E-state index in [9.17, 15) is 18.8 Å². The number of nitrogens with zero attached hydrogens (tertiary/aromatic N) is 2. The number of para-hydroxylation sites is 1. The Morgan fingerprint density at radius 2 is 1.69 bits per heavy atom. The Morgan fingerprint density at radius 1 is 1.03 bits per heavy atom. The zero-order chi connectivity index (χ0) is 20.5. The predicted octanol–water partition coefficient (Wildman–Crippen LogP) is 2.00. The molecule has 1 heterocycles. The number of ketones is 1. The first-order valence-corrected chi connectivity index (χ1v) is 9.22. The highest BCUT2D eigenvalue weighted by molar-refractivity contribution is 6.20. The molecule has 2 aromatic rings. The number of halogens is 1. The van der Waals surface area contributed by atoms with E-state index in [-0.39, 0.29) is 35.9 Å². The van der Waals surface area contributed by atoms with Gasteiger partial charge in [0.15, 0.2) is 0 Å². The molecule has 2 aliphatic rings. The number of hydrogen-bond donors (Lipinski definition) is 2. The van der Waals surface area contributed by atoms with Gasteiger partial charge in [0, 0.05) is 37.1 Å². The molecule has 0 aromatic heterocycles. The lowest BCUT2D eigenvalue weighted by atomic mass is 9.92. The Morgan fingerprint density at radius 3 is 2.38 bits per heavy atom. The van der Waals surface area contributed by atoms with Gasteiger partial charge in [0.05, 0.1) is 11.4 Å². The molecule has 29 heavy (non-hydrogen) atoms. The summed E-state index contributed by atoms with van der Waals surface area (Å²) in [6.45, 7) is 0. The van der Waals surface area contributed by atoms with Crippen LogP contribution in [0.25, 0.3) is 0 Å². The fourth-order valence-corrected chi connectivity index (χ4v) is 3.43. The molecule has 1 aliphatic heterocycles. The molecular weight excluding hydrogens is 375 g/mol. The van der Waals surface area contributed by atoms with E-state index in [2.05, 4.69) is 15.6 Å². The summed E-state index contributed by atoms with van der Waals surface area (Å²) in [4.78, 5) is 42.2. The smallest absolute Gasteiger partial charge is 0.317 e. The van der Waals surface area contributed by atoms with Crippen molar-refractivity contribution in [3.63, 3.8) is 0 Å². The fraction of sp³-hybridized carbons (Fsp3) is 0.238. The molecular formula is C21H19FN4O3. The van der Waals surface area contributed by atoms with Gasteiger partial charge in [-0.2, -0.15) is 0 Å². The molecule has 2 N–H and O–H groups in total. The number of amides is 3. The Bertz CT molecular complexity index is 1030. The highest BCUT2D eigenvalue weighted by atomic mass is 19.1. The first-order chi connectivity index (χ1) is 13.9. The topological polar surface area (TPSA) is 90.9 Å². The van der Waals surface area contributed by atoms with E-state index in [1.54, 1.807) is 49.5 Å². The molecule has 0 bridgehead atoms. The van der Waals surface area contributed by atoms with Crippen molar-refractivity contribution < 1.29 is 18.8 Å². The van der Waals surface area contributed by atoms with Crippen LogP contribution in [0.1, 0.15) is 24.0 Å². The van der Waals surface area contributed by atoms with Crippen LogP contribution in [0.15, 0.2) is 53.5 Å². The van der Waals surface area contributed by atoms with Gasteiger partial charge in [0.25, 0.3) is 5.91 Å². The van der Waals surface area contributed by atoms with Crippen molar-refractivity contribution in [3.05, 3.63) is 65.5 Å². The molecule has 4 rings (SSSR count). The molecule has 1 saturated carbocycles. The summed E-state index contributed by atoms with van der Waals surface area (Å²) in [5, 5.41) is 5.20. The average molecular weight is 394 g/mol. The summed E-state index contributed by atoms with van der Waals surface area (Å²) in [6, 6.07) is 12.4. The SMILES string of the molecule is CN1C(=O)C(NC(=O)NC2CC(=O)C2)N=C(c2ccccc2F)c2ccccc21. The fourth-order valence-electron chi connectivity index (χ4n) is 3.43. The molecule has 7 nitrogen and oxygen atoms in total. The number of benzene rings is 2. The van der Waals surface area contributed by atoms with Crippen LogP contribution in [0.3, 0.4) is 0 Å². The molecule has 0 saturated heterocycles. The minimum atomic E-state index is -1.24. The standard InChI is InChI=1S/C21H19FN4O3/c1-26-17-9-5-3-7-15(17)18(14-6-2-4-8-16(14)22)24-19(20(26)28)25-21(29)23-12-10-13(27)11-12/h2-9,12,19H,10-11H2,1H3,(H2,23,25,29). The van der Waals surface area contributed by atoms with E-state index < -0.39 is 23.9 Å². The van der Waals surface area contributed by atoms with Crippen molar-refractivity contribution in [2.75, 3.05) is 11.9 Å². The molecule has 1 unspecified atom stereocenters. The molecule has 2 aromatic carbocycles. The van der Waals surface area contributed by atoms with Crippen LogP contribution in [-0.2, 0) is 9.59 Å². The minimum absolute atomic E-state index is 0.0795. The normalized spacial score (nSPS) is 19.0. The van der Waals surface area contributed by atoms with Gasteiger partial charge >= 0.3 is 6.03 Å². The average Bonchev–Trinajstić information content (AvgIpc) is 2.78. The number of fused-ring (bicyclic) bond motifs is 1. The maximum atomic E-state index is 14.5. The zero-order valence-electron chi connectivity index (χ0n) is 15.7. The first kappa shape index (κ1) is 18.8. The van der Waals surface area contributed by atoms with E-state index in [4.69, 9.17) is 0 Å². The number of anilines is 1. The molecule has 0 spiro atoms. The van der Waals surface area contributed by atoms with Gasteiger partial charge in [-0.1, -0.05) is 30.3 Å². The van der Waals surface area contributed by atoms with E-state index >= 15 is 0 Å². The van der Waals surface area contributed by atoms with Crippen molar-refractivity contribution >= 4 is 29.1 Å². The molecule has 1 atom stereocenters. The highest BCUT2D eigenvalue weighted by Gasteiger charge is 2.33. The van der Waals surface area contributed by atoms with Crippen LogP contribution in [-0.4, -0.2) is 42.7 Å². The van der Waals surface area contributed by atoms with Crippen LogP contribution in [0, 0.1) is 5.82 Å². The monoisotopic (exact) mass is 394 g/mol. The number of benzodiazepines with no additional fused rings is 1. The lowest BCUT2D eigenvalue weighted by molar-refractivity contribution is -0.125. The van der Waals surface area contributed by atoms with E-state index in [1.165, 1.54) is 11.0 Å². The van der Waals surface area contributed by atoms with Crippen LogP contribution in [0.2, 0.25) is 0 Å². The number of aliphatic imine (C=N–C) groups is 1. The third kappa shape index (κ3) is 3.61. The van der Waals surface area contributed by atoms with Crippen LogP contribution in [0.4, 0.5) is 14.9 Å². The number of carbonyl (C=O) groups excluding carboxylic acids is 3. The van der Waals surface area contributed by atoms with E-state index in [1.807, 2.05) is 0 Å². The number of urea groups is 1. The second-order valence-corrected chi connectivity index (χ2v) is 7.04. The number of likely N-dealkylation sites (N-methyl/N-ethyl adjacent to an activating group) is 1. The van der Waals surface area contributed by atoms with Gasteiger partial charge in [-0.15, -0.1) is 0 Å². The van der Waals surface area contributed by atoms with Gasteiger partial charge in [0.1, 0.15) is 11.6 Å². The second kappa shape index (κ2) is 7.46. The van der Waals surface area contributed by atoms with Crippen LogP contribution in [0.5, 0.6) is 0 Å². The Labute approximate surface area is 166 Å². The van der Waals surface area contributed by atoms with Gasteiger partial charge in [-0.05, 0) is 18.2 Å². The lowest BCUT2D eigenvalue weighted by Gasteiger charge is -2.26. The molecule has 0 radical (unpaired) electrons. The molecule has 1 fully saturated rings. The first-order valence-electron chi connectivity index (χ1n) is 9.22. The third-order valence-corrected chi connectivity index (χ3v) is 5.02. The summed E-state index contributed by atoms with van der Waals surface area (Å²) in [5.74, 6) is -0.853. The molecule has 3 amide bonds. The third-order valence-electron chi connectivity index (χ3n) is 5.02. The predicted molar refractivity (Wildman–Crippen MR) is 105 cm³/mol. The zero-order valence-corrected chi connectivity index (χ0v) is 15.7. The number of carbonyl (C=O) groups is 3. The van der Waals surface area contributed by atoms with Crippen molar-refractivity contribution in [1.29, 1.82) is 0 Å². The molecule has 1 aliphatic carbocycles. The lowest BCUT2D eigenvalue weighted by Crippen LogP contribution is -2.54. The number of rotatable bonds is 3. The summed E-state index contributed by atoms with van der Waals surface area (Å²) < 4.78 is 14.5. The van der Waals surface area contributed by atoms with E-state index in [0.717, 1.165) is 0 Å².